The third-order valence-electron chi connectivity index (χ3n) is 12.4. The first-order chi connectivity index (χ1) is 17.2. The van der Waals surface area contributed by atoms with Crippen molar-refractivity contribution in [1.82, 2.24) is 0 Å². The van der Waals surface area contributed by atoms with E-state index < -0.39 is 0 Å². The minimum Gasteiger partial charge on any atom is -0.462 e. The molecule has 0 aliphatic heterocycles. The predicted octanol–water partition coefficient (Wildman–Crippen LogP) is 9.99. The van der Waals surface area contributed by atoms with Gasteiger partial charge in [-0.25, -0.2) is 0 Å². The highest BCUT2D eigenvalue weighted by Gasteiger charge is 2.60. The first kappa shape index (κ1) is 28.5. The SMILES string of the molecule is CCCCCCC(=O)OC1CC[C@@]2(C)C(CC[C@H]3[C@@H]4CC[C@H]([C@H](C)CCCC(C)C)[C@@]4(C)CC[C@@H]32)C1. The highest BCUT2D eigenvalue weighted by Crippen LogP contribution is 2.68. The van der Waals surface area contributed by atoms with Crippen molar-refractivity contribution >= 4 is 5.97 Å². The largest absolute Gasteiger partial charge is 0.462 e. The van der Waals surface area contributed by atoms with Crippen molar-refractivity contribution in [2.24, 2.45) is 52.3 Å². The summed E-state index contributed by atoms with van der Waals surface area (Å²) in [6.45, 7) is 14.9. The molecule has 0 aromatic heterocycles. The molecular weight excluding hydrogens is 440 g/mol. The summed E-state index contributed by atoms with van der Waals surface area (Å²) < 4.78 is 6.04. The number of fused-ring (bicyclic) bond motifs is 5. The number of esters is 1. The number of hydrogen-bond donors (Lipinski definition) is 0. The van der Waals surface area contributed by atoms with Crippen molar-refractivity contribution in [2.75, 3.05) is 0 Å². The molecule has 4 rings (SSSR count). The van der Waals surface area contributed by atoms with E-state index in [4.69, 9.17) is 4.74 Å². The molecule has 0 saturated heterocycles. The minimum absolute atomic E-state index is 0.0707. The maximum atomic E-state index is 12.5. The van der Waals surface area contributed by atoms with Crippen molar-refractivity contribution < 1.29 is 9.53 Å². The molecule has 0 aromatic rings. The predicted molar refractivity (Wildman–Crippen MR) is 152 cm³/mol. The molecule has 4 saturated carbocycles. The van der Waals surface area contributed by atoms with Gasteiger partial charge in [-0.2, -0.15) is 0 Å². The molecule has 36 heavy (non-hydrogen) atoms. The van der Waals surface area contributed by atoms with Crippen molar-refractivity contribution in [3.8, 4) is 0 Å². The Hall–Kier alpha value is -0.530. The Morgan fingerprint density at radius 1 is 0.833 bits per heavy atom. The van der Waals surface area contributed by atoms with Gasteiger partial charge in [-0.05, 0) is 116 Å². The molecule has 2 nitrogen and oxygen atoms in total. The van der Waals surface area contributed by atoms with Gasteiger partial charge in [0.1, 0.15) is 6.10 Å². The molecule has 2 unspecified atom stereocenters. The third kappa shape index (κ3) is 5.88. The molecule has 9 atom stereocenters. The van der Waals surface area contributed by atoms with E-state index in [0.717, 1.165) is 67.1 Å². The van der Waals surface area contributed by atoms with Gasteiger partial charge in [-0.15, -0.1) is 0 Å². The lowest BCUT2D eigenvalue weighted by Gasteiger charge is -2.61. The fourth-order valence-corrected chi connectivity index (χ4v) is 10.3. The average Bonchev–Trinajstić information content (AvgIpc) is 3.19. The van der Waals surface area contributed by atoms with Gasteiger partial charge in [0.25, 0.3) is 0 Å². The first-order valence-electron chi connectivity index (χ1n) is 16.4. The highest BCUT2D eigenvalue weighted by atomic mass is 16.5. The van der Waals surface area contributed by atoms with Crippen LogP contribution >= 0.6 is 0 Å². The van der Waals surface area contributed by atoms with Crippen LogP contribution in [0, 0.1) is 52.3 Å². The number of rotatable bonds is 11. The number of ether oxygens (including phenoxy) is 1. The molecule has 2 heteroatoms. The molecule has 4 fully saturated rings. The van der Waals surface area contributed by atoms with Gasteiger partial charge in [-0.3, -0.25) is 4.79 Å². The lowest BCUT2D eigenvalue weighted by molar-refractivity contribution is -0.162. The van der Waals surface area contributed by atoms with E-state index in [1.54, 1.807) is 0 Å². The standard InChI is InChI=1S/C34H60O2/c1-7-8-9-10-14-32(35)36-27-19-21-33(5)26(23-27)15-16-28-30-18-17-29(25(4)13-11-12-24(2)3)34(30,6)22-20-31(28)33/h24-31H,7-23H2,1-6H3/t25-,26?,27?,28+,29-,30+,31+,33+,34-/m1/s1. The Labute approximate surface area is 224 Å². The second-order valence-corrected chi connectivity index (χ2v) is 14.9. The zero-order valence-electron chi connectivity index (χ0n) is 25.0. The fraction of sp³-hybridized carbons (Fsp3) is 0.971. The van der Waals surface area contributed by atoms with Crippen LogP contribution in [-0.2, 0) is 9.53 Å². The Morgan fingerprint density at radius 3 is 2.33 bits per heavy atom. The lowest BCUT2D eigenvalue weighted by Crippen LogP contribution is -2.54. The fourth-order valence-electron chi connectivity index (χ4n) is 10.3. The van der Waals surface area contributed by atoms with E-state index in [1.165, 1.54) is 77.0 Å². The van der Waals surface area contributed by atoms with Gasteiger partial charge in [0.15, 0.2) is 0 Å². The quantitative estimate of drug-likeness (QED) is 0.208. The van der Waals surface area contributed by atoms with Gasteiger partial charge in [0.2, 0.25) is 0 Å². The van der Waals surface area contributed by atoms with E-state index in [0.29, 0.717) is 17.3 Å². The molecule has 0 radical (unpaired) electrons. The summed E-state index contributed by atoms with van der Waals surface area (Å²) in [7, 11) is 0. The molecule has 0 aromatic carbocycles. The first-order valence-corrected chi connectivity index (χ1v) is 16.4. The van der Waals surface area contributed by atoms with Gasteiger partial charge >= 0.3 is 5.97 Å². The normalized spacial score (nSPS) is 40.9. The molecule has 0 bridgehead atoms. The summed E-state index contributed by atoms with van der Waals surface area (Å²) in [6.07, 6.45) is 22.0. The third-order valence-corrected chi connectivity index (χ3v) is 12.4. The topological polar surface area (TPSA) is 26.3 Å². The van der Waals surface area contributed by atoms with E-state index in [1.807, 2.05) is 0 Å². The minimum atomic E-state index is 0.0707. The summed E-state index contributed by atoms with van der Waals surface area (Å²) in [4.78, 5) is 12.5. The van der Waals surface area contributed by atoms with Crippen LogP contribution in [0.1, 0.15) is 151 Å². The van der Waals surface area contributed by atoms with E-state index in [2.05, 4.69) is 41.5 Å². The summed E-state index contributed by atoms with van der Waals surface area (Å²) in [5.41, 5.74) is 1.07. The maximum absolute atomic E-state index is 12.5. The van der Waals surface area contributed by atoms with Crippen LogP contribution in [0.4, 0.5) is 0 Å². The molecule has 208 valence electrons. The van der Waals surface area contributed by atoms with Crippen LogP contribution in [-0.4, -0.2) is 12.1 Å². The van der Waals surface area contributed by atoms with E-state index >= 15 is 0 Å². The van der Waals surface area contributed by atoms with Crippen molar-refractivity contribution in [1.29, 1.82) is 0 Å². The lowest BCUT2D eigenvalue weighted by atomic mass is 9.44. The van der Waals surface area contributed by atoms with Crippen molar-refractivity contribution in [3.05, 3.63) is 0 Å². The van der Waals surface area contributed by atoms with Crippen LogP contribution < -0.4 is 0 Å². The van der Waals surface area contributed by atoms with Crippen LogP contribution in [0.25, 0.3) is 0 Å². The summed E-state index contributed by atoms with van der Waals surface area (Å²) in [6, 6.07) is 0. The van der Waals surface area contributed by atoms with Gasteiger partial charge in [0.05, 0.1) is 0 Å². The molecule has 0 spiro atoms. The van der Waals surface area contributed by atoms with Crippen LogP contribution in [0.15, 0.2) is 0 Å². The molecule has 0 N–H and O–H groups in total. The van der Waals surface area contributed by atoms with Crippen LogP contribution in [0.3, 0.4) is 0 Å². The van der Waals surface area contributed by atoms with E-state index in [9.17, 15) is 4.79 Å². The number of carbonyl (C=O) groups is 1. The Balaban J connectivity index is 1.33. The molecular formula is C34H60O2. The summed E-state index contributed by atoms with van der Waals surface area (Å²) in [5.74, 6) is 6.36. The molecule has 4 aliphatic rings. The summed E-state index contributed by atoms with van der Waals surface area (Å²) >= 11 is 0. The van der Waals surface area contributed by atoms with E-state index in [-0.39, 0.29) is 12.1 Å². The Bertz CT molecular complexity index is 714. The zero-order chi connectivity index (χ0) is 25.9. The highest BCUT2D eigenvalue weighted by molar-refractivity contribution is 5.69. The van der Waals surface area contributed by atoms with Crippen molar-refractivity contribution in [3.63, 3.8) is 0 Å². The van der Waals surface area contributed by atoms with Gasteiger partial charge < -0.3 is 4.74 Å². The average molecular weight is 501 g/mol. The number of unbranched alkanes of at least 4 members (excludes halogenated alkanes) is 3. The second kappa shape index (κ2) is 12.1. The zero-order valence-corrected chi connectivity index (χ0v) is 25.0. The second-order valence-electron chi connectivity index (χ2n) is 14.9. The van der Waals surface area contributed by atoms with Crippen LogP contribution in [0.5, 0.6) is 0 Å². The maximum Gasteiger partial charge on any atom is 0.306 e. The summed E-state index contributed by atoms with van der Waals surface area (Å²) in [5, 5.41) is 0. The number of carbonyl (C=O) groups excluding carboxylic acids is 1. The van der Waals surface area contributed by atoms with Crippen molar-refractivity contribution in [2.45, 2.75) is 157 Å². The van der Waals surface area contributed by atoms with Gasteiger partial charge in [0, 0.05) is 6.42 Å². The van der Waals surface area contributed by atoms with Crippen LogP contribution in [0.2, 0.25) is 0 Å². The molecule has 0 heterocycles. The smallest absolute Gasteiger partial charge is 0.306 e. The Morgan fingerprint density at radius 2 is 1.58 bits per heavy atom. The Kier molecular flexibility index (Phi) is 9.58. The van der Waals surface area contributed by atoms with Gasteiger partial charge in [-0.1, -0.05) is 80.1 Å². The molecule has 0 amide bonds. The molecule has 4 aliphatic carbocycles. The monoisotopic (exact) mass is 500 g/mol. The number of hydrogen-bond acceptors (Lipinski definition) is 2.